The Bertz CT molecular complexity index is 1860. The maximum atomic E-state index is 13.5. The zero-order chi connectivity index (χ0) is 30.7. The standard InChI is InChI=1S/C20H15FNS.C18H24NSi.Ir/c1-12(2)13-8-9-22-18(10-13)17-5-3-4-16-15-7-6-14(21)11-19(15)23-20(16)17;1-14(2)11-16-12-17(15-9-7-6-8-10-15)19-13-18(16)20(3,4)5;/h3-4,6-12H,1-2H3;6-9,12-14H,11H2,1-5H3;/q2*-1;. The average molecular weight is 795 g/mol. The number of hydrogen-bond acceptors (Lipinski definition) is 3. The van der Waals surface area contributed by atoms with Gasteiger partial charge in [-0.2, -0.15) is 11.3 Å². The summed E-state index contributed by atoms with van der Waals surface area (Å²) in [6, 6.07) is 30.1. The van der Waals surface area contributed by atoms with E-state index in [9.17, 15) is 4.39 Å². The smallest absolute Gasteiger partial charge is 0.124 e. The van der Waals surface area contributed by atoms with Crippen LogP contribution in [0.15, 0.2) is 85.2 Å². The van der Waals surface area contributed by atoms with Crippen LogP contribution >= 0.6 is 11.3 Å². The molecule has 3 aromatic carbocycles. The monoisotopic (exact) mass is 795 g/mol. The molecule has 0 aliphatic rings. The molecule has 3 heterocycles. The van der Waals surface area contributed by atoms with E-state index in [0.29, 0.717) is 11.8 Å². The van der Waals surface area contributed by atoms with E-state index >= 15 is 0 Å². The van der Waals surface area contributed by atoms with Gasteiger partial charge in [0.15, 0.2) is 0 Å². The van der Waals surface area contributed by atoms with Crippen molar-refractivity contribution in [3.8, 4) is 22.5 Å². The Hall–Kier alpha value is -3.02. The Kier molecular flexibility index (Phi) is 11.1. The van der Waals surface area contributed by atoms with E-state index in [1.54, 1.807) is 17.4 Å². The van der Waals surface area contributed by atoms with Crippen molar-refractivity contribution in [3.05, 3.63) is 114 Å². The number of hydrogen-bond donors (Lipinski definition) is 0. The number of nitrogens with zero attached hydrogens (tertiary/aromatic N) is 2. The molecule has 0 spiro atoms. The summed E-state index contributed by atoms with van der Waals surface area (Å²) in [7, 11) is -1.34. The summed E-state index contributed by atoms with van der Waals surface area (Å²) in [6.45, 7) is 16.1. The first kappa shape index (κ1) is 33.9. The molecule has 6 heteroatoms. The van der Waals surface area contributed by atoms with E-state index in [1.165, 1.54) is 22.4 Å². The Morgan fingerprint density at radius 1 is 0.841 bits per heavy atom. The van der Waals surface area contributed by atoms with Gasteiger partial charge in [-0.15, -0.1) is 59.7 Å². The molecular formula is C38H39FIrN2SSi-2. The summed E-state index contributed by atoms with van der Waals surface area (Å²) in [5.41, 5.74) is 6.78. The van der Waals surface area contributed by atoms with Gasteiger partial charge < -0.3 is 9.97 Å². The van der Waals surface area contributed by atoms with E-state index in [1.807, 2.05) is 42.6 Å². The summed E-state index contributed by atoms with van der Waals surface area (Å²) in [5.74, 6) is 0.919. The second-order valence-corrected chi connectivity index (χ2v) is 18.9. The van der Waals surface area contributed by atoms with E-state index < -0.39 is 8.07 Å². The maximum Gasteiger partial charge on any atom is 0.124 e. The molecule has 0 saturated heterocycles. The quantitative estimate of drug-likeness (QED) is 0.124. The fourth-order valence-electron chi connectivity index (χ4n) is 5.33. The van der Waals surface area contributed by atoms with Gasteiger partial charge >= 0.3 is 0 Å². The minimum Gasteiger partial charge on any atom is -0.305 e. The topological polar surface area (TPSA) is 25.8 Å². The van der Waals surface area contributed by atoms with Gasteiger partial charge in [-0.05, 0) is 63.1 Å². The number of halogens is 1. The molecule has 0 amide bonds. The number of fused-ring (bicyclic) bond motifs is 3. The number of benzene rings is 3. The third kappa shape index (κ3) is 7.78. The van der Waals surface area contributed by atoms with Crippen molar-refractivity contribution < 1.29 is 24.5 Å². The summed E-state index contributed by atoms with van der Waals surface area (Å²) in [4.78, 5) is 9.22. The molecule has 0 N–H and O–H groups in total. The van der Waals surface area contributed by atoms with Crippen LogP contribution in [0.1, 0.15) is 44.7 Å². The second kappa shape index (κ2) is 14.4. The molecule has 44 heavy (non-hydrogen) atoms. The summed E-state index contributed by atoms with van der Waals surface area (Å²) in [5, 5.41) is 3.71. The molecule has 0 aliphatic heterocycles. The van der Waals surface area contributed by atoms with Gasteiger partial charge in [-0.25, -0.2) is 4.39 Å². The van der Waals surface area contributed by atoms with Crippen molar-refractivity contribution in [2.24, 2.45) is 5.92 Å². The van der Waals surface area contributed by atoms with E-state index in [0.717, 1.165) is 49.1 Å². The largest absolute Gasteiger partial charge is 0.305 e. The maximum absolute atomic E-state index is 13.5. The first-order valence-electron chi connectivity index (χ1n) is 15.0. The van der Waals surface area contributed by atoms with E-state index in [4.69, 9.17) is 0 Å². The number of rotatable bonds is 6. The zero-order valence-electron chi connectivity index (χ0n) is 26.5. The molecule has 0 saturated carbocycles. The first-order valence-corrected chi connectivity index (χ1v) is 19.3. The Morgan fingerprint density at radius 2 is 1.64 bits per heavy atom. The van der Waals surface area contributed by atoms with Gasteiger partial charge in [0.2, 0.25) is 0 Å². The molecule has 6 rings (SSSR count). The fourth-order valence-corrected chi connectivity index (χ4v) is 8.15. The third-order valence-corrected chi connectivity index (χ3v) is 10.8. The summed E-state index contributed by atoms with van der Waals surface area (Å²) in [6.07, 6.45) is 5.09. The number of thiophene rings is 1. The van der Waals surface area contributed by atoms with Crippen LogP contribution < -0.4 is 5.19 Å². The van der Waals surface area contributed by atoms with E-state index in [2.05, 4.69) is 99.9 Å². The van der Waals surface area contributed by atoms with Gasteiger partial charge in [0.25, 0.3) is 0 Å². The van der Waals surface area contributed by atoms with Gasteiger partial charge in [-0.1, -0.05) is 82.0 Å². The van der Waals surface area contributed by atoms with Crippen molar-refractivity contribution in [2.75, 3.05) is 0 Å². The molecule has 0 bridgehead atoms. The Balaban J connectivity index is 0.000000199. The minimum absolute atomic E-state index is 0. The van der Waals surface area contributed by atoms with Crippen LogP contribution in [0, 0.1) is 23.9 Å². The SMILES string of the molecule is CC(C)Cc1cc(-c2[c-]cccc2)ncc1[Si](C)(C)C.CC(C)c1ccnc(-c2[c-]ccc3c2sc2cc(F)ccc23)c1.[Ir]. The molecule has 1 radical (unpaired) electrons. The molecule has 0 aliphatic carbocycles. The van der Waals surface area contributed by atoms with Crippen LogP contribution in [-0.4, -0.2) is 18.0 Å². The molecule has 2 nitrogen and oxygen atoms in total. The van der Waals surface area contributed by atoms with Crippen molar-refractivity contribution in [1.29, 1.82) is 0 Å². The molecule has 3 aromatic heterocycles. The predicted octanol–water partition coefficient (Wildman–Crippen LogP) is 10.5. The summed E-state index contributed by atoms with van der Waals surface area (Å²) >= 11 is 1.60. The van der Waals surface area contributed by atoms with Crippen LogP contribution in [0.5, 0.6) is 0 Å². The predicted molar refractivity (Wildman–Crippen MR) is 185 cm³/mol. The van der Waals surface area contributed by atoms with Crippen LogP contribution in [0.2, 0.25) is 19.6 Å². The van der Waals surface area contributed by atoms with Gasteiger partial charge in [0.1, 0.15) is 5.82 Å². The molecule has 0 atom stereocenters. The van der Waals surface area contributed by atoms with Crippen molar-refractivity contribution in [2.45, 2.75) is 59.7 Å². The van der Waals surface area contributed by atoms with Crippen molar-refractivity contribution in [3.63, 3.8) is 0 Å². The summed E-state index contributed by atoms with van der Waals surface area (Å²) < 4.78 is 15.6. The first-order chi connectivity index (χ1) is 20.5. The molecule has 0 fully saturated rings. The molecular weight excluding hydrogens is 756 g/mol. The van der Waals surface area contributed by atoms with Crippen molar-refractivity contribution in [1.82, 2.24) is 9.97 Å². The van der Waals surface area contributed by atoms with Crippen LogP contribution in [-0.2, 0) is 26.5 Å². The zero-order valence-corrected chi connectivity index (χ0v) is 30.7. The van der Waals surface area contributed by atoms with Gasteiger partial charge in [0, 0.05) is 37.2 Å². The Labute approximate surface area is 280 Å². The third-order valence-electron chi connectivity index (χ3n) is 7.51. The van der Waals surface area contributed by atoms with E-state index in [-0.39, 0.29) is 25.9 Å². The molecule has 229 valence electrons. The van der Waals surface area contributed by atoms with Gasteiger partial charge in [-0.3, -0.25) is 0 Å². The number of pyridine rings is 2. The van der Waals surface area contributed by atoms with Gasteiger partial charge in [0.05, 0.1) is 8.07 Å². The Morgan fingerprint density at radius 3 is 2.32 bits per heavy atom. The molecule has 0 unspecified atom stereocenters. The normalized spacial score (nSPS) is 11.5. The minimum atomic E-state index is -1.34. The average Bonchev–Trinajstić information content (AvgIpc) is 3.35. The second-order valence-electron chi connectivity index (χ2n) is 12.8. The fraction of sp³-hybridized carbons (Fsp3) is 0.263. The van der Waals surface area contributed by atoms with Crippen molar-refractivity contribution >= 4 is 44.8 Å². The number of aromatic nitrogens is 2. The van der Waals surface area contributed by atoms with Crippen LogP contribution in [0.3, 0.4) is 0 Å². The van der Waals surface area contributed by atoms with Crippen LogP contribution in [0.4, 0.5) is 4.39 Å². The van der Waals surface area contributed by atoms with Crippen LogP contribution in [0.25, 0.3) is 42.7 Å². The molecule has 6 aromatic rings.